The van der Waals surface area contributed by atoms with Crippen LogP contribution in [0.5, 0.6) is 5.75 Å². The Labute approximate surface area is 159 Å². The highest BCUT2D eigenvalue weighted by Crippen LogP contribution is 2.31. The van der Waals surface area contributed by atoms with Crippen LogP contribution >= 0.6 is 0 Å². The summed E-state index contributed by atoms with van der Waals surface area (Å²) in [5.41, 5.74) is -0.196. The van der Waals surface area contributed by atoms with Crippen molar-refractivity contribution in [3.63, 3.8) is 0 Å². The summed E-state index contributed by atoms with van der Waals surface area (Å²) in [5.74, 6) is -0.977. The van der Waals surface area contributed by atoms with Gasteiger partial charge in [0.05, 0.1) is 18.2 Å². The number of carboxylic acids is 1. The number of ether oxygens (including phenoxy) is 1. The molecule has 7 heteroatoms. The Kier molecular flexibility index (Phi) is 6.82. The van der Waals surface area contributed by atoms with E-state index in [1.807, 2.05) is 0 Å². The Balaban J connectivity index is 2.08. The summed E-state index contributed by atoms with van der Waals surface area (Å²) in [5, 5.41) is 14.7. The molecule has 0 atom stereocenters. The van der Waals surface area contributed by atoms with Crippen molar-refractivity contribution in [3.8, 4) is 5.75 Å². The molecule has 0 spiro atoms. The van der Waals surface area contributed by atoms with Crippen molar-refractivity contribution >= 4 is 29.2 Å². The molecule has 27 heavy (non-hydrogen) atoms. The highest BCUT2D eigenvalue weighted by Gasteiger charge is 2.30. The zero-order chi connectivity index (χ0) is 20.0. The summed E-state index contributed by atoms with van der Waals surface area (Å²) in [4.78, 5) is 35.9. The molecule has 3 N–H and O–H groups in total. The van der Waals surface area contributed by atoms with E-state index in [1.54, 1.807) is 18.2 Å². The highest BCUT2D eigenvalue weighted by atomic mass is 16.5. The zero-order valence-corrected chi connectivity index (χ0v) is 16.1. The van der Waals surface area contributed by atoms with Crippen molar-refractivity contribution in [2.24, 2.45) is 11.3 Å². The van der Waals surface area contributed by atoms with Gasteiger partial charge in [0.2, 0.25) is 11.8 Å². The van der Waals surface area contributed by atoms with Gasteiger partial charge in [-0.15, -0.1) is 0 Å². The van der Waals surface area contributed by atoms with Gasteiger partial charge < -0.3 is 20.5 Å². The number of carboxylic acid groups (broad SMARTS) is 1. The number of hydrogen-bond donors (Lipinski definition) is 3. The smallest absolute Gasteiger partial charge is 0.309 e. The molecule has 1 aliphatic rings. The normalized spacial score (nSPS) is 15.1. The summed E-state index contributed by atoms with van der Waals surface area (Å²) in [6.45, 7) is 3.00. The molecule has 0 bridgehead atoms. The molecule has 1 aromatic rings. The van der Waals surface area contributed by atoms with Crippen molar-refractivity contribution in [1.29, 1.82) is 0 Å². The molecule has 2 rings (SSSR count). The topological polar surface area (TPSA) is 105 Å². The lowest BCUT2D eigenvalue weighted by Crippen LogP contribution is -2.29. The first-order chi connectivity index (χ1) is 12.7. The molecule has 1 saturated carbocycles. The minimum absolute atomic E-state index is 0.00179. The first kappa shape index (κ1) is 20.7. The number of carbonyl (C=O) groups is 3. The maximum Gasteiger partial charge on any atom is 0.309 e. The predicted octanol–water partition coefficient (Wildman–Crippen LogP) is 3.65. The monoisotopic (exact) mass is 376 g/mol. The van der Waals surface area contributed by atoms with Crippen molar-refractivity contribution < 1.29 is 24.2 Å². The van der Waals surface area contributed by atoms with Crippen LogP contribution in [0, 0.1) is 11.3 Å². The molecule has 1 aliphatic carbocycles. The number of carbonyl (C=O) groups excluding carboxylic acids is 2. The molecular weight excluding hydrogens is 348 g/mol. The standard InChI is InChI=1S/C20H28N2O5/c1-20(2,19(25)26)12-17(23)21-14-9-10-16(27-3)15(11-14)22-18(24)13-7-5-4-6-8-13/h9-11,13H,4-8,12H2,1-3H3,(H,21,23)(H,22,24)(H,25,26). The van der Waals surface area contributed by atoms with Crippen LogP contribution in [-0.2, 0) is 14.4 Å². The molecule has 0 aliphatic heterocycles. The van der Waals surface area contributed by atoms with E-state index in [2.05, 4.69) is 10.6 Å². The molecule has 0 saturated heterocycles. The Morgan fingerprint density at radius 3 is 2.41 bits per heavy atom. The van der Waals surface area contributed by atoms with Gasteiger partial charge in [0, 0.05) is 18.0 Å². The van der Waals surface area contributed by atoms with E-state index in [4.69, 9.17) is 9.84 Å². The Bertz CT molecular complexity index is 708. The van der Waals surface area contributed by atoms with E-state index < -0.39 is 17.3 Å². The van der Waals surface area contributed by atoms with Gasteiger partial charge in [0.1, 0.15) is 5.75 Å². The average molecular weight is 376 g/mol. The number of benzene rings is 1. The Morgan fingerprint density at radius 1 is 1.15 bits per heavy atom. The van der Waals surface area contributed by atoms with Gasteiger partial charge in [-0.1, -0.05) is 19.3 Å². The second kappa shape index (κ2) is 8.88. The Morgan fingerprint density at radius 2 is 1.81 bits per heavy atom. The van der Waals surface area contributed by atoms with Crippen LogP contribution in [0.3, 0.4) is 0 Å². The predicted molar refractivity (Wildman–Crippen MR) is 103 cm³/mol. The molecule has 0 unspecified atom stereocenters. The van der Waals surface area contributed by atoms with Gasteiger partial charge in [0.25, 0.3) is 0 Å². The number of anilines is 2. The van der Waals surface area contributed by atoms with Crippen molar-refractivity contribution in [2.75, 3.05) is 17.7 Å². The van der Waals surface area contributed by atoms with Gasteiger partial charge in [-0.25, -0.2) is 0 Å². The highest BCUT2D eigenvalue weighted by molar-refractivity contribution is 5.97. The summed E-state index contributed by atoms with van der Waals surface area (Å²) in [6, 6.07) is 4.94. The first-order valence-corrected chi connectivity index (χ1v) is 9.25. The number of nitrogens with one attached hydrogen (secondary N) is 2. The SMILES string of the molecule is COc1ccc(NC(=O)CC(C)(C)C(=O)O)cc1NC(=O)C1CCCCC1. The maximum atomic E-state index is 12.5. The third kappa shape index (κ3) is 5.70. The second-order valence-corrected chi connectivity index (χ2v) is 7.65. The lowest BCUT2D eigenvalue weighted by Gasteiger charge is -2.22. The third-order valence-corrected chi connectivity index (χ3v) is 4.90. The largest absolute Gasteiger partial charge is 0.495 e. The molecule has 1 fully saturated rings. The van der Waals surface area contributed by atoms with Crippen LogP contribution < -0.4 is 15.4 Å². The van der Waals surface area contributed by atoms with Crippen molar-refractivity contribution in [1.82, 2.24) is 0 Å². The molecule has 0 heterocycles. The second-order valence-electron chi connectivity index (χ2n) is 7.65. The molecule has 1 aromatic carbocycles. The molecular formula is C20H28N2O5. The fourth-order valence-electron chi connectivity index (χ4n) is 3.17. The van der Waals surface area contributed by atoms with E-state index in [-0.39, 0.29) is 18.2 Å². The molecule has 148 valence electrons. The molecule has 2 amide bonds. The number of methoxy groups -OCH3 is 1. The number of amides is 2. The van der Waals surface area contributed by atoms with Crippen LogP contribution in [0.2, 0.25) is 0 Å². The van der Waals surface area contributed by atoms with E-state index in [0.29, 0.717) is 17.1 Å². The molecule has 0 radical (unpaired) electrons. The summed E-state index contributed by atoms with van der Waals surface area (Å²) >= 11 is 0. The van der Waals surface area contributed by atoms with E-state index >= 15 is 0 Å². The van der Waals surface area contributed by atoms with Crippen LogP contribution in [-0.4, -0.2) is 30.0 Å². The number of aliphatic carboxylic acids is 1. The Hall–Kier alpha value is -2.57. The number of rotatable bonds is 7. The third-order valence-electron chi connectivity index (χ3n) is 4.90. The molecule has 0 aromatic heterocycles. The van der Waals surface area contributed by atoms with Gasteiger partial charge in [-0.3, -0.25) is 14.4 Å². The van der Waals surface area contributed by atoms with Crippen LogP contribution in [0.25, 0.3) is 0 Å². The first-order valence-electron chi connectivity index (χ1n) is 9.25. The van der Waals surface area contributed by atoms with Gasteiger partial charge >= 0.3 is 5.97 Å². The lowest BCUT2D eigenvalue weighted by atomic mass is 9.88. The minimum Gasteiger partial charge on any atom is -0.495 e. The summed E-state index contributed by atoms with van der Waals surface area (Å²) < 4.78 is 5.30. The van der Waals surface area contributed by atoms with E-state index in [1.165, 1.54) is 27.4 Å². The van der Waals surface area contributed by atoms with E-state index in [9.17, 15) is 14.4 Å². The van der Waals surface area contributed by atoms with Crippen molar-refractivity contribution in [2.45, 2.75) is 52.4 Å². The van der Waals surface area contributed by atoms with E-state index in [0.717, 1.165) is 25.7 Å². The summed E-state index contributed by atoms with van der Waals surface area (Å²) in [6.07, 6.45) is 4.90. The van der Waals surface area contributed by atoms with Gasteiger partial charge in [-0.2, -0.15) is 0 Å². The lowest BCUT2D eigenvalue weighted by molar-refractivity contribution is -0.149. The van der Waals surface area contributed by atoms with Gasteiger partial charge in [0.15, 0.2) is 0 Å². The summed E-state index contributed by atoms with van der Waals surface area (Å²) in [7, 11) is 1.51. The quantitative estimate of drug-likeness (QED) is 0.674. The number of hydrogen-bond acceptors (Lipinski definition) is 4. The van der Waals surface area contributed by atoms with Gasteiger partial charge in [-0.05, 0) is 44.9 Å². The maximum absolute atomic E-state index is 12.5. The minimum atomic E-state index is -1.16. The zero-order valence-electron chi connectivity index (χ0n) is 16.1. The van der Waals surface area contributed by atoms with Crippen molar-refractivity contribution in [3.05, 3.63) is 18.2 Å². The average Bonchev–Trinajstić information content (AvgIpc) is 2.62. The fourth-order valence-corrected chi connectivity index (χ4v) is 3.17. The fraction of sp³-hybridized carbons (Fsp3) is 0.550. The van der Waals surface area contributed by atoms with Crippen LogP contribution in [0.15, 0.2) is 18.2 Å². The molecule has 7 nitrogen and oxygen atoms in total. The van der Waals surface area contributed by atoms with Crippen LogP contribution in [0.4, 0.5) is 11.4 Å². The van der Waals surface area contributed by atoms with Crippen LogP contribution in [0.1, 0.15) is 52.4 Å².